The highest BCUT2D eigenvalue weighted by atomic mass is 32.1. The summed E-state index contributed by atoms with van der Waals surface area (Å²) in [7, 11) is 4.20. The van der Waals surface area contributed by atoms with Gasteiger partial charge in [-0.05, 0) is 6.07 Å². The van der Waals surface area contributed by atoms with Crippen LogP contribution in [-0.2, 0) is 16.1 Å². The van der Waals surface area contributed by atoms with Gasteiger partial charge in [-0.2, -0.15) is 4.99 Å². The summed E-state index contributed by atoms with van der Waals surface area (Å²) in [5, 5.41) is 10.7. The van der Waals surface area contributed by atoms with Gasteiger partial charge in [0.25, 0.3) is 0 Å². The lowest BCUT2D eigenvalue weighted by molar-refractivity contribution is -0.402. The molecule has 0 bridgehead atoms. The van der Waals surface area contributed by atoms with Crippen LogP contribution in [0.3, 0.4) is 0 Å². The van der Waals surface area contributed by atoms with Gasteiger partial charge in [-0.3, -0.25) is 19.7 Å². The molecule has 0 spiro atoms. The Bertz CT molecular complexity index is 1170. The smallest absolute Gasteiger partial charge is 0.433 e. The van der Waals surface area contributed by atoms with Gasteiger partial charge in [0.05, 0.1) is 37.6 Å². The van der Waals surface area contributed by atoms with Crippen molar-refractivity contribution < 1.29 is 33.1 Å². The molecule has 0 N–H and O–H groups in total. The average Bonchev–Trinajstić information content (AvgIpc) is 3.32. The molecule has 2 aromatic heterocycles. The molecule has 0 aliphatic rings. The van der Waals surface area contributed by atoms with Gasteiger partial charge >= 0.3 is 17.8 Å². The number of aromatic nitrogens is 1. The molecule has 0 saturated carbocycles. The highest BCUT2D eigenvalue weighted by molar-refractivity contribution is 7.16. The Morgan fingerprint density at radius 1 is 1.21 bits per heavy atom. The first-order chi connectivity index (χ1) is 13.9. The molecule has 0 saturated heterocycles. The fourth-order valence-corrected chi connectivity index (χ4v) is 3.55. The summed E-state index contributed by atoms with van der Waals surface area (Å²) in [4.78, 5) is 38.4. The number of carbonyl (C=O) groups excluding carboxylic acids is 2. The molecular weight excluding hydrogens is 406 g/mol. The van der Waals surface area contributed by atoms with Gasteiger partial charge in [-0.1, -0.05) is 11.3 Å². The zero-order chi connectivity index (χ0) is 21.1. The molecule has 29 heavy (non-hydrogen) atoms. The van der Waals surface area contributed by atoms with Crippen molar-refractivity contribution in [3.05, 3.63) is 44.9 Å². The Kier molecular flexibility index (Phi) is 5.64. The summed E-state index contributed by atoms with van der Waals surface area (Å²) in [6.45, 7) is -0.212. The van der Waals surface area contributed by atoms with E-state index in [1.54, 1.807) is 12.1 Å². The van der Waals surface area contributed by atoms with Crippen LogP contribution < -0.4 is 14.3 Å². The number of furan rings is 1. The molecule has 3 rings (SSSR count). The van der Waals surface area contributed by atoms with Crippen molar-refractivity contribution in [3.8, 4) is 11.5 Å². The SMILES string of the molecule is COC(=O)Cn1c(=NC(=O)c2ccc([N+](=O)[O-])o2)sc2cc(OC)c(OC)cc21. The first-order valence-electron chi connectivity index (χ1n) is 8.03. The number of nitro groups is 1. The zero-order valence-electron chi connectivity index (χ0n) is 15.5. The lowest BCUT2D eigenvalue weighted by Gasteiger charge is -2.08. The molecule has 152 valence electrons. The summed E-state index contributed by atoms with van der Waals surface area (Å²) in [5.74, 6) is -1.36. The lowest BCUT2D eigenvalue weighted by atomic mass is 10.3. The van der Waals surface area contributed by atoms with Gasteiger partial charge in [0.1, 0.15) is 11.5 Å². The van der Waals surface area contributed by atoms with Gasteiger partial charge in [0.2, 0.25) is 5.76 Å². The lowest BCUT2D eigenvalue weighted by Crippen LogP contribution is -2.22. The predicted molar refractivity (Wildman–Crippen MR) is 100 cm³/mol. The fourth-order valence-electron chi connectivity index (χ4n) is 2.51. The zero-order valence-corrected chi connectivity index (χ0v) is 16.3. The highest BCUT2D eigenvalue weighted by Crippen LogP contribution is 2.33. The second-order valence-electron chi connectivity index (χ2n) is 5.53. The highest BCUT2D eigenvalue weighted by Gasteiger charge is 2.19. The van der Waals surface area contributed by atoms with Crippen LogP contribution in [0.4, 0.5) is 5.88 Å². The molecule has 2 heterocycles. The summed E-state index contributed by atoms with van der Waals surface area (Å²) in [6.07, 6.45) is 0. The molecule has 0 aliphatic carbocycles. The Balaban J connectivity index is 2.17. The molecule has 3 aromatic rings. The van der Waals surface area contributed by atoms with Crippen LogP contribution in [0.25, 0.3) is 10.2 Å². The van der Waals surface area contributed by atoms with Crippen LogP contribution in [0.2, 0.25) is 0 Å². The number of esters is 1. The van der Waals surface area contributed by atoms with E-state index >= 15 is 0 Å². The largest absolute Gasteiger partial charge is 0.493 e. The van der Waals surface area contributed by atoms with E-state index in [1.165, 1.54) is 25.9 Å². The third-order valence-electron chi connectivity index (χ3n) is 3.88. The Hall–Kier alpha value is -3.67. The molecule has 1 aromatic carbocycles. The third kappa shape index (κ3) is 3.96. The molecular formula is C17H15N3O8S. The van der Waals surface area contributed by atoms with E-state index in [1.807, 2.05) is 0 Å². The summed E-state index contributed by atoms with van der Waals surface area (Å²) in [5.41, 5.74) is 0.565. The molecule has 12 heteroatoms. The van der Waals surface area contributed by atoms with Crippen molar-refractivity contribution in [1.29, 1.82) is 0 Å². The van der Waals surface area contributed by atoms with E-state index in [0.29, 0.717) is 21.7 Å². The Morgan fingerprint density at radius 2 is 1.90 bits per heavy atom. The quantitative estimate of drug-likeness (QED) is 0.335. The summed E-state index contributed by atoms with van der Waals surface area (Å²) < 4.78 is 22.3. The standard InChI is InChI=1S/C17H15N3O8S/c1-25-11-6-9-13(7-12(11)26-2)29-17(19(9)8-15(21)27-3)18-16(22)10-4-5-14(28-10)20(23)24/h4-7H,8H2,1-3H3. The number of thiazole rings is 1. The van der Waals surface area contributed by atoms with Crippen LogP contribution in [-0.4, -0.2) is 42.7 Å². The van der Waals surface area contributed by atoms with E-state index in [9.17, 15) is 19.7 Å². The molecule has 11 nitrogen and oxygen atoms in total. The van der Waals surface area contributed by atoms with Gasteiger partial charge < -0.3 is 23.2 Å². The minimum Gasteiger partial charge on any atom is -0.493 e. The maximum atomic E-state index is 12.4. The van der Waals surface area contributed by atoms with Crippen LogP contribution in [0.5, 0.6) is 11.5 Å². The number of fused-ring (bicyclic) bond motifs is 1. The Morgan fingerprint density at radius 3 is 2.48 bits per heavy atom. The van der Waals surface area contributed by atoms with Gasteiger partial charge in [0.15, 0.2) is 16.3 Å². The third-order valence-corrected chi connectivity index (χ3v) is 4.92. The maximum absolute atomic E-state index is 12.4. The van der Waals surface area contributed by atoms with E-state index in [0.717, 1.165) is 23.5 Å². The first kappa shape index (κ1) is 20.1. The minimum atomic E-state index is -0.831. The van der Waals surface area contributed by atoms with E-state index < -0.39 is 22.7 Å². The molecule has 0 aliphatic heterocycles. The molecule has 0 unspecified atom stereocenters. The average molecular weight is 421 g/mol. The molecule has 0 atom stereocenters. The monoisotopic (exact) mass is 421 g/mol. The number of hydrogen-bond acceptors (Lipinski definition) is 9. The van der Waals surface area contributed by atoms with Gasteiger partial charge in [-0.25, -0.2) is 0 Å². The number of nitrogens with zero attached hydrogens (tertiary/aromatic N) is 3. The van der Waals surface area contributed by atoms with E-state index in [4.69, 9.17) is 18.6 Å². The fraction of sp³-hybridized carbons (Fsp3) is 0.235. The van der Waals surface area contributed by atoms with E-state index in [2.05, 4.69) is 4.99 Å². The second kappa shape index (κ2) is 8.14. The van der Waals surface area contributed by atoms with Crippen LogP contribution >= 0.6 is 11.3 Å². The number of ether oxygens (including phenoxy) is 3. The topological polar surface area (TPSA) is 135 Å². The maximum Gasteiger partial charge on any atom is 0.433 e. The normalized spacial score (nSPS) is 11.5. The number of rotatable bonds is 6. The summed E-state index contributed by atoms with van der Waals surface area (Å²) >= 11 is 1.12. The van der Waals surface area contributed by atoms with Gasteiger partial charge in [-0.15, -0.1) is 0 Å². The Labute approximate surface area is 166 Å². The minimum absolute atomic E-state index is 0.171. The molecule has 1 amide bonds. The van der Waals surface area contributed by atoms with Crippen molar-refractivity contribution in [2.24, 2.45) is 4.99 Å². The van der Waals surface area contributed by atoms with Crippen LogP contribution in [0, 0.1) is 10.1 Å². The number of amides is 1. The first-order valence-corrected chi connectivity index (χ1v) is 8.85. The van der Waals surface area contributed by atoms with Crippen molar-refractivity contribution in [3.63, 3.8) is 0 Å². The van der Waals surface area contributed by atoms with Crippen molar-refractivity contribution >= 4 is 39.3 Å². The van der Waals surface area contributed by atoms with Crippen LogP contribution in [0.15, 0.2) is 33.7 Å². The number of hydrogen-bond donors (Lipinski definition) is 0. The van der Waals surface area contributed by atoms with Crippen molar-refractivity contribution in [1.82, 2.24) is 4.57 Å². The second-order valence-corrected chi connectivity index (χ2v) is 6.54. The number of carbonyl (C=O) groups is 2. The number of methoxy groups -OCH3 is 3. The van der Waals surface area contributed by atoms with Crippen molar-refractivity contribution in [2.75, 3.05) is 21.3 Å². The van der Waals surface area contributed by atoms with E-state index in [-0.39, 0.29) is 17.1 Å². The predicted octanol–water partition coefficient (Wildman–Crippen LogP) is 2.14. The van der Waals surface area contributed by atoms with Gasteiger partial charge in [0, 0.05) is 12.1 Å². The molecule has 0 fully saturated rings. The van der Waals surface area contributed by atoms with Crippen LogP contribution in [0.1, 0.15) is 10.6 Å². The molecule has 0 radical (unpaired) electrons. The van der Waals surface area contributed by atoms with Crippen molar-refractivity contribution in [2.45, 2.75) is 6.54 Å². The summed E-state index contributed by atoms with van der Waals surface area (Å²) in [6, 6.07) is 5.56. The number of benzene rings is 1.